The Labute approximate surface area is 92.7 Å². The third-order valence-corrected chi connectivity index (χ3v) is 2.17. The zero-order chi connectivity index (χ0) is 12.1. The van der Waals surface area contributed by atoms with E-state index in [0.29, 0.717) is 25.3 Å². The Morgan fingerprint density at radius 2 is 2.25 bits per heavy atom. The Kier molecular flexibility index (Phi) is 3.98. The number of aromatic nitrogens is 3. The van der Waals surface area contributed by atoms with E-state index >= 15 is 0 Å². The third-order valence-electron chi connectivity index (χ3n) is 2.17. The Morgan fingerprint density at radius 3 is 2.69 bits per heavy atom. The molecule has 1 amide bonds. The molecule has 16 heavy (non-hydrogen) atoms. The molecule has 0 atom stereocenters. The second-order valence-corrected chi connectivity index (χ2v) is 3.27. The van der Waals surface area contributed by atoms with Crippen LogP contribution in [0.4, 0.5) is 0 Å². The van der Waals surface area contributed by atoms with Crippen LogP contribution in [0.25, 0.3) is 0 Å². The number of nitrogens with zero attached hydrogens (tertiary/aromatic N) is 4. The molecule has 0 unspecified atom stereocenters. The zero-order valence-electron chi connectivity index (χ0n) is 9.25. The summed E-state index contributed by atoms with van der Waals surface area (Å²) in [7, 11) is 0. The second-order valence-electron chi connectivity index (χ2n) is 3.27. The summed E-state index contributed by atoms with van der Waals surface area (Å²) in [6, 6.07) is 0. The van der Waals surface area contributed by atoms with E-state index in [2.05, 4.69) is 10.2 Å². The van der Waals surface area contributed by atoms with Crippen molar-refractivity contribution in [2.24, 2.45) is 0 Å². The number of likely N-dealkylation sites (N-methyl/N-ethyl adjacent to an activating group) is 1. The van der Waals surface area contributed by atoms with Gasteiger partial charge in [0.25, 0.3) is 0 Å². The van der Waals surface area contributed by atoms with Gasteiger partial charge in [0.15, 0.2) is 5.69 Å². The Bertz CT molecular complexity index is 388. The summed E-state index contributed by atoms with van der Waals surface area (Å²) >= 11 is 0. The van der Waals surface area contributed by atoms with E-state index in [-0.39, 0.29) is 5.69 Å². The summed E-state index contributed by atoms with van der Waals surface area (Å²) in [4.78, 5) is 24.1. The van der Waals surface area contributed by atoms with Crippen LogP contribution in [0.2, 0.25) is 0 Å². The number of carbonyl (C=O) groups is 2. The standard InChI is InChI=1S/C9H14N4O3/c1-3-12(6-14)4-5-13-10-7(2)8(11-13)9(15)16/h6H,3-5H2,1-2H3,(H,15,16). The average Bonchev–Trinajstić information content (AvgIpc) is 2.61. The average molecular weight is 226 g/mol. The molecule has 1 N–H and O–H groups in total. The van der Waals surface area contributed by atoms with Crippen molar-refractivity contribution in [1.82, 2.24) is 19.9 Å². The highest BCUT2D eigenvalue weighted by molar-refractivity contribution is 5.86. The Hall–Kier alpha value is -1.92. The first-order chi connectivity index (χ1) is 7.58. The summed E-state index contributed by atoms with van der Waals surface area (Å²) in [5.41, 5.74) is 0.329. The molecule has 0 bridgehead atoms. The molecule has 1 aromatic rings. The molecule has 1 rings (SSSR count). The largest absolute Gasteiger partial charge is 0.476 e. The van der Waals surface area contributed by atoms with E-state index in [1.165, 1.54) is 4.80 Å². The van der Waals surface area contributed by atoms with Crippen LogP contribution in [0.3, 0.4) is 0 Å². The summed E-state index contributed by atoms with van der Waals surface area (Å²) in [6.45, 7) is 4.91. The molecule has 0 radical (unpaired) electrons. The maximum atomic E-state index is 10.7. The molecule has 88 valence electrons. The van der Waals surface area contributed by atoms with Gasteiger partial charge in [-0.25, -0.2) is 4.79 Å². The number of hydrogen-bond donors (Lipinski definition) is 1. The van der Waals surface area contributed by atoms with Crippen molar-refractivity contribution >= 4 is 12.4 Å². The lowest BCUT2D eigenvalue weighted by Crippen LogP contribution is -2.26. The Morgan fingerprint density at radius 1 is 1.56 bits per heavy atom. The van der Waals surface area contributed by atoms with Crippen molar-refractivity contribution in [1.29, 1.82) is 0 Å². The van der Waals surface area contributed by atoms with E-state index in [1.807, 2.05) is 6.92 Å². The quantitative estimate of drug-likeness (QED) is 0.676. The first-order valence-corrected chi connectivity index (χ1v) is 4.92. The van der Waals surface area contributed by atoms with Gasteiger partial charge < -0.3 is 10.0 Å². The molecule has 0 fully saturated rings. The molecular weight excluding hydrogens is 212 g/mol. The topological polar surface area (TPSA) is 88.3 Å². The molecule has 0 aliphatic carbocycles. The SMILES string of the molecule is CCN(C=O)CCn1nc(C)c(C(=O)O)n1. The van der Waals surface area contributed by atoms with Gasteiger partial charge in [-0.2, -0.15) is 9.90 Å². The minimum absolute atomic E-state index is 0.0471. The lowest BCUT2D eigenvalue weighted by molar-refractivity contribution is -0.118. The van der Waals surface area contributed by atoms with Gasteiger partial charge in [-0.05, 0) is 13.8 Å². The first-order valence-electron chi connectivity index (χ1n) is 4.92. The fraction of sp³-hybridized carbons (Fsp3) is 0.556. The van der Waals surface area contributed by atoms with Crippen LogP contribution in [-0.2, 0) is 11.3 Å². The molecule has 0 saturated heterocycles. The molecule has 0 aliphatic heterocycles. The zero-order valence-corrected chi connectivity index (χ0v) is 9.25. The molecule has 0 spiro atoms. The van der Waals surface area contributed by atoms with E-state index in [4.69, 9.17) is 5.11 Å². The monoisotopic (exact) mass is 226 g/mol. The number of carboxylic acids is 1. The lowest BCUT2D eigenvalue weighted by Gasteiger charge is -2.13. The fourth-order valence-corrected chi connectivity index (χ4v) is 1.23. The highest BCUT2D eigenvalue weighted by atomic mass is 16.4. The van der Waals surface area contributed by atoms with Crippen LogP contribution in [-0.4, -0.2) is 50.5 Å². The molecule has 7 heteroatoms. The predicted molar refractivity (Wildman–Crippen MR) is 55.0 cm³/mol. The van der Waals surface area contributed by atoms with Crippen molar-refractivity contribution in [2.75, 3.05) is 13.1 Å². The smallest absolute Gasteiger partial charge is 0.358 e. The molecule has 0 aliphatic rings. The van der Waals surface area contributed by atoms with Gasteiger partial charge in [0.2, 0.25) is 6.41 Å². The van der Waals surface area contributed by atoms with Crippen LogP contribution in [0.15, 0.2) is 0 Å². The summed E-state index contributed by atoms with van der Waals surface area (Å²) in [5, 5.41) is 16.5. The van der Waals surface area contributed by atoms with Crippen molar-refractivity contribution in [3.05, 3.63) is 11.4 Å². The van der Waals surface area contributed by atoms with Crippen molar-refractivity contribution < 1.29 is 14.7 Å². The van der Waals surface area contributed by atoms with Gasteiger partial charge in [0, 0.05) is 13.1 Å². The van der Waals surface area contributed by atoms with Gasteiger partial charge in [-0.3, -0.25) is 4.79 Å². The van der Waals surface area contributed by atoms with E-state index < -0.39 is 5.97 Å². The fourth-order valence-electron chi connectivity index (χ4n) is 1.23. The maximum Gasteiger partial charge on any atom is 0.358 e. The minimum Gasteiger partial charge on any atom is -0.476 e. The van der Waals surface area contributed by atoms with E-state index in [1.54, 1.807) is 11.8 Å². The number of aryl methyl sites for hydroxylation is 1. The minimum atomic E-state index is -1.09. The maximum absolute atomic E-state index is 10.7. The lowest BCUT2D eigenvalue weighted by atomic mass is 10.4. The number of carbonyl (C=O) groups excluding carboxylic acids is 1. The summed E-state index contributed by atoms with van der Waals surface area (Å²) in [5.74, 6) is -1.09. The third kappa shape index (κ3) is 2.78. The number of rotatable bonds is 6. The molecule has 0 saturated carbocycles. The summed E-state index contributed by atoms with van der Waals surface area (Å²) in [6.07, 6.45) is 0.745. The van der Waals surface area contributed by atoms with Gasteiger partial charge in [0.05, 0.1) is 12.2 Å². The van der Waals surface area contributed by atoms with Gasteiger partial charge in [0.1, 0.15) is 0 Å². The highest BCUT2D eigenvalue weighted by Crippen LogP contribution is 2.00. The van der Waals surface area contributed by atoms with Crippen LogP contribution in [0.1, 0.15) is 23.1 Å². The van der Waals surface area contributed by atoms with Gasteiger partial charge >= 0.3 is 5.97 Å². The number of carboxylic acid groups (broad SMARTS) is 1. The van der Waals surface area contributed by atoms with Crippen LogP contribution < -0.4 is 0 Å². The summed E-state index contributed by atoms with van der Waals surface area (Å²) < 4.78 is 0. The van der Waals surface area contributed by atoms with Crippen molar-refractivity contribution in [2.45, 2.75) is 20.4 Å². The van der Waals surface area contributed by atoms with Crippen LogP contribution in [0, 0.1) is 6.92 Å². The van der Waals surface area contributed by atoms with Gasteiger partial charge in [-0.15, -0.1) is 5.10 Å². The molecule has 7 nitrogen and oxygen atoms in total. The van der Waals surface area contributed by atoms with Crippen LogP contribution in [0.5, 0.6) is 0 Å². The predicted octanol–water partition coefficient (Wildman–Crippen LogP) is -0.237. The van der Waals surface area contributed by atoms with E-state index in [0.717, 1.165) is 6.41 Å². The highest BCUT2D eigenvalue weighted by Gasteiger charge is 2.13. The Balaban J connectivity index is 2.65. The van der Waals surface area contributed by atoms with E-state index in [9.17, 15) is 9.59 Å². The number of hydrogen-bond acceptors (Lipinski definition) is 4. The number of aromatic carboxylic acids is 1. The van der Waals surface area contributed by atoms with Crippen molar-refractivity contribution in [3.63, 3.8) is 0 Å². The first kappa shape index (κ1) is 12.2. The molecule has 1 aromatic heterocycles. The molecule has 1 heterocycles. The van der Waals surface area contributed by atoms with Crippen molar-refractivity contribution in [3.8, 4) is 0 Å². The van der Waals surface area contributed by atoms with Crippen LogP contribution >= 0.6 is 0 Å². The molecule has 0 aromatic carbocycles. The molecular formula is C9H14N4O3. The normalized spacial score (nSPS) is 10.1. The number of amides is 1. The van der Waals surface area contributed by atoms with Gasteiger partial charge in [-0.1, -0.05) is 0 Å². The second kappa shape index (κ2) is 5.24.